The first-order valence-electron chi connectivity index (χ1n) is 3.94. The Bertz CT molecular complexity index is 205. The van der Waals surface area contributed by atoms with Gasteiger partial charge in [-0.15, -0.1) is 0 Å². The number of esters is 1. The number of nitriles is 1. The normalized spacial score (nSPS) is 15.0. The van der Waals surface area contributed by atoms with Crippen molar-refractivity contribution in [3.8, 4) is 6.07 Å². The Morgan fingerprint density at radius 3 is 2.42 bits per heavy atom. The van der Waals surface area contributed by atoms with Gasteiger partial charge in [-0.05, 0) is 12.8 Å². The zero-order valence-electron chi connectivity index (χ0n) is 8.05. The molecular formula is C9H15NO2. The van der Waals surface area contributed by atoms with Gasteiger partial charge in [-0.2, -0.15) is 5.26 Å². The molecule has 0 aromatic rings. The molecule has 0 N–H and O–H groups in total. The summed E-state index contributed by atoms with van der Waals surface area (Å²) in [6.45, 7) is 5.58. The summed E-state index contributed by atoms with van der Waals surface area (Å²) in [6.07, 6.45) is 0.206. The molecular weight excluding hydrogens is 154 g/mol. The van der Waals surface area contributed by atoms with E-state index in [4.69, 9.17) is 5.26 Å². The van der Waals surface area contributed by atoms with E-state index in [0.29, 0.717) is 0 Å². The molecule has 0 aliphatic carbocycles. The molecule has 68 valence electrons. The van der Waals surface area contributed by atoms with Gasteiger partial charge in [0.05, 0.1) is 25.0 Å². The highest BCUT2D eigenvalue weighted by Gasteiger charge is 2.37. The molecule has 0 aromatic carbocycles. The first-order valence-corrected chi connectivity index (χ1v) is 3.94. The Balaban J connectivity index is 4.63. The van der Waals surface area contributed by atoms with Gasteiger partial charge in [-0.25, -0.2) is 0 Å². The second-order valence-electron chi connectivity index (χ2n) is 3.40. The van der Waals surface area contributed by atoms with E-state index in [1.54, 1.807) is 6.92 Å². The molecule has 0 bridgehead atoms. The van der Waals surface area contributed by atoms with Crippen molar-refractivity contribution < 1.29 is 9.53 Å². The van der Waals surface area contributed by atoms with Crippen LogP contribution in [0, 0.1) is 22.7 Å². The lowest BCUT2D eigenvalue weighted by molar-refractivity contribution is -0.154. The van der Waals surface area contributed by atoms with Gasteiger partial charge < -0.3 is 4.74 Å². The predicted octanol–water partition coefficient (Wildman–Crippen LogP) is 1.74. The first-order chi connectivity index (χ1) is 5.49. The van der Waals surface area contributed by atoms with Gasteiger partial charge in [0.15, 0.2) is 0 Å². The number of rotatable bonds is 3. The van der Waals surface area contributed by atoms with Crippen LogP contribution in [0.4, 0.5) is 0 Å². The molecule has 3 heteroatoms. The Labute approximate surface area is 73.3 Å². The Hall–Kier alpha value is -1.04. The van der Waals surface area contributed by atoms with Crippen LogP contribution < -0.4 is 0 Å². The van der Waals surface area contributed by atoms with Gasteiger partial charge >= 0.3 is 5.97 Å². The SMILES string of the molecule is COC(=O)C(C)(CC#N)C(C)C. The predicted molar refractivity (Wildman–Crippen MR) is 45.2 cm³/mol. The maximum absolute atomic E-state index is 11.3. The van der Waals surface area contributed by atoms with Crippen molar-refractivity contribution in [3.63, 3.8) is 0 Å². The molecule has 0 amide bonds. The number of hydrogen-bond donors (Lipinski definition) is 0. The minimum atomic E-state index is -0.663. The van der Waals surface area contributed by atoms with Gasteiger partial charge in [0, 0.05) is 0 Å². The molecule has 1 atom stereocenters. The number of carbonyl (C=O) groups excluding carboxylic acids is 1. The second-order valence-corrected chi connectivity index (χ2v) is 3.40. The highest BCUT2D eigenvalue weighted by atomic mass is 16.5. The summed E-state index contributed by atoms with van der Waals surface area (Å²) in [4.78, 5) is 11.3. The van der Waals surface area contributed by atoms with Gasteiger partial charge in [-0.1, -0.05) is 13.8 Å². The van der Waals surface area contributed by atoms with E-state index in [1.165, 1.54) is 7.11 Å². The van der Waals surface area contributed by atoms with E-state index < -0.39 is 5.41 Å². The van der Waals surface area contributed by atoms with Crippen LogP contribution in [-0.4, -0.2) is 13.1 Å². The molecule has 0 saturated carbocycles. The van der Waals surface area contributed by atoms with Gasteiger partial charge in [0.1, 0.15) is 0 Å². The van der Waals surface area contributed by atoms with E-state index in [-0.39, 0.29) is 18.3 Å². The molecule has 0 aliphatic heterocycles. The summed E-state index contributed by atoms with van der Waals surface area (Å²) in [5.41, 5.74) is -0.663. The fourth-order valence-electron chi connectivity index (χ4n) is 0.909. The average Bonchev–Trinajstić information content (AvgIpc) is 2.03. The van der Waals surface area contributed by atoms with Crippen LogP contribution in [0.1, 0.15) is 27.2 Å². The number of ether oxygens (including phenoxy) is 1. The topological polar surface area (TPSA) is 50.1 Å². The van der Waals surface area contributed by atoms with Crippen molar-refractivity contribution >= 4 is 5.97 Å². The van der Waals surface area contributed by atoms with E-state index in [1.807, 2.05) is 19.9 Å². The zero-order chi connectivity index (χ0) is 9.78. The van der Waals surface area contributed by atoms with Crippen LogP contribution in [0.3, 0.4) is 0 Å². The van der Waals surface area contributed by atoms with E-state index >= 15 is 0 Å². The van der Waals surface area contributed by atoms with Crippen LogP contribution in [-0.2, 0) is 9.53 Å². The Morgan fingerprint density at radius 2 is 2.17 bits per heavy atom. The number of hydrogen-bond acceptors (Lipinski definition) is 3. The molecule has 0 spiro atoms. The molecule has 0 fully saturated rings. The molecule has 0 radical (unpaired) electrons. The highest BCUT2D eigenvalue weighted by Crippen LogP contribution is 2.31. The van der Waals surface area contributed by atoms with Crippen molar-refractivity contribution in [2.45, 2.75) is 27.2 Å². The summed E-state index contributed by atoms with van der Waals surface area (Å²) in [7, 11) is 1.35. The number of methoxy groups -OCH3 is 1. The third kappa shape index (κ3) is 1.97. The summed E-state index contributed by atoms with van der Waals surface area (Å²) >= 11 is 0. The van der Waals surface area contributed by atoms with Crippen LogP contribution >= 0.6 is 0 Å². The molecule has 0 saturated heterocycles. The fraction of sp³-hybridized carbons (Fsp3) is 0.778. The molecule has 0 aliphatic rings. The molecule has 12 heavy (non-hydrogen) atoms. The molecule has 0 aromatic heterocycles. The fourth-order valence-corrected chi connectivity index (χ4v) is 0.909. The summed E-state index contributed by atoms with van der Waals surface area (Å²) in [6, 6.07) is 2.00. The minimum Gasteiger partial charge on any atom is -0.469 e. The zero-order valence-corrected chi connectivity index (χ0v) is 8.05. The van der Waals surface area contributed by atoms with E-state index in [0.717, 1.165) is 0 Å². The monoisotopic (exact) mass is 169 g/mol. The van der Waals surface area contributed by atoms with Gasteiger partial charge in [0.25, 0.3) is 0 Å². The standard InChI is InChI=1S/C9H15NO2/c1-7(2)9(3,5-6-10)8(11)12-4/h7H,5H2,1-4H3. The first kappa shape index (κ1) is 11.0. The van der Waals surface area contributed by atoms with Crippen LogP contribution in [0.2, 0.25) is 0 Å². The Kier molecular flexibility index (Phi) is 3.75. The van der Waals surface area contributed by atoms with E-state index in [9.17, 15) is 4.79 Å². The average molecular weight is 169 g/mol. The quantitative estimate of drug-likeness (QED) is 0.604. The van der Waals surface area contributed by atoms with Gasteiger partial charge in [0.2, 0.25) is 0 Å². The number of nitrogens with zero attached hydrogens (tertiary/aromatic N) is 1. The maximum Gasteiger partial charge on any atom is 0.312 e. The maximum atomic E-state index is 11.3. The van der Waals surface area contributed by atoms with Gasteiger partial charge in [-0.3, -0.25) is 4.79 Å². The lowest BCUT2D eigenvalue weighted by Crippen LogP contribution is -2.33. The molecule has 3 nitrogen and oxygen atoms in total. The minimum absolute atomic E-state index is 0.115. The van der Waals surface area contributed by atoms with Crippen molar-refractivity contribution in [1.29, 1.82) is 5.26 Å². The second kappa shape index (κ2) is 4.10. The summed E-state index contributed by atoms with van der Waals surface area (Å²) in [5, 5.41) is 8.54. The lowest BCUT2D eigenvalue weighted by Gasteiger charge is -2.27. The Morgan fingerprint density at radius 1 is 1.67 bits per heavy atom. The van der Waals surface area contributed by atoms with Crippen molar-refractivity contribution in [2.24, 2.45) is 11.3 Å². The summed E-state index contributed by atoms with van der Waals surface area (Å²) < 4.78 is 4.64. The van der Waals surface area contributed by atoms with E-state index in [2.05, 4.69) is 4.74 Å². The van der Waals surface area contributed by atoms with Crippen molar-refractivity contribution in [1.82, 2.24) is 0 Å². The smallest absolute Gasteiger partial charge is 0.312 e. The van der Waals surface area contributed by atoms with Crippen molar-refractivity contribution in [3.05, 3.63) is 0 Å². The third-order valence-electron chi connectivity index (χ3n) is 2.37. The van der Waals surface area contributed by atoms with Crippen LogP contribution in [0.5, 0.6) is 0 Å². The molecule has 1 unspecified atom stereocenters. The van der Waals surface area contributed by atoms with Crippen molar-refractivity contribution in [2.75, 3.05) is 7.11 Å². The molecule has 0 heterocycles. The third-order valence-corrected chi connectivity index (χ3v) is 2.37. The van der Waals surface area contributed by atoms with Crippen LogP contribution in [0.15, 0.2) is 0 Å². The largest absolute Gasteiger partial charge is 0.469 e. The number of carbonyl (C=O) groups is 1. The van der Waals surface area contributed by atoms with Crippen LogP contribution in [0.25, 0.3) is 0 Å². The highest BCUT2D eigenvalue weighted by molar-refractivity contribution is 5.76. The molecule has 0 rings (SSSR count). The lowest BCUT2D eigenvalue weighted by atomic mass is 9.77. The summed E-state index contributed by atoms with van der Waals surface area (Å²) in [5.74, 6) is -0.191.